The summed E-state index contributed by atoms with van der Waals surface area (Å²) in [4.78, 5) is 23.6. The van der Waals surface area contributed by atoms with Crippen molar-refractivity contribution >= 4 is 39.7 Å². The van der Waals surface area contributed by atoms with Crippen LogP contribution in [-0.2, 0) is 6.54 Å². The average Bonchev–Trinajstić information content (AvgIpc) is 3.09. The highest BCUT2D eigenvalue weighted by Gasteiger charge is 2.14. The Morgan fingerprint density at radius 3 is 2.42 bits per heavy atom. The Hall–Kier alpha value is -2.93. The Kier molecular flexibility index (Phi) is 4.08. The lowest BCUT2D eigenvalue weighted by atomic mass is 10.1. The molecule has 0 saturated carbocycles. The Balaban J connectivity index is 1.59. The van der Waals surface area contributed by atoms with Crippen LogP contribution in [0.1, 0.15) is 27.3 Å². The lowest BCUT2D eigenvalue weighted by Crippen LogP contribution is -2.26. The van der Waals surface area contributed by atoms with Crippen LogP contribution in [0.15, 0.2) is 36.4 Å². The summed E-state index contributed by atoms with van der Waals surface area (Å²) in [6, 6.07) is 11.3. The van der Waals surface area contributed by atoms with Crippen LogP contribution in [0.5, 0.6) is 0 Å². The fourth-order valence-corrected chi connectivity index (χ4v) is 3.37. The summed E-state index contributed by atoms with van der Waals surface area (Å²) >= 11 is 1.19. The lowest BCUT2D eigenvalue weighted by Gasteiger charge is -2.17. The molecule has 7 heteroatoms. The van der Waals surface area contributed by atoms with Gasteiger partial charge in [0.05, 0.1) is 34.1 Å². The van der Waals surface area contributed by atoms with E-state index in [2.05, 4.69) is 18.7 Å². The molecule has 0 aliphatic rings. The molecule has 0 spiro atoms. The second kappa shape index (κ2) is 6.42. The van der Waals surface area contributed by atoms with Crippen molar-refractivity contribution in [3.8, 4) is 0 Å². The molecule has 4 rings (SSSR count). The fraction of sp³-hybridized carbons (Fsp3) is 0.211. The Morgan fingerprint density at radius 1 is 0.923 bits per heavy atom. The van der Waals surface area contributed by atoms with Gasteiger partial charge >= 0.3 is 0 Å². The number of carbonyl (C=O) groups is 1. The molecule has 0 unspecified atom stereocenters. The molecule has 2 heterocycles. The monoisotopic (exact) mass is 363 g/mol. The van der Waals surface area contributed by atoms with Crippen LogP contribution in [0, 0.1) is 13.8 Å². The topological polar surface area (TPSA) is 71.9 Å². The third-order valence-corrected chi connectivity index (χ3v) is 4.96. The number of fused-ring (bicyclic) bond motifs is 2. The largest absolute Gasteiger partial charge is 0.337 e. The number of amides is 1. The van der Waals surface area contributed by atoms with Crippen molar-refractivity contribution in [2.45, 2.75) is 20.4 Å². The van der Waals surface area contributed by atoms with E-state index in [1.165, 1.54) is 11.7 Å². The van der Waals surface area contributed by atoms with Crippen molar-refractivity contribution in [3.63, 3.8) is 0 Å². The highest BCUT2D eigenvalue weighted by atomic mass is 32.1. The maximum absolute atomic E-state index is 12.8. The highest BCUT2D eigenvalue weighted by Crippen LogP contribution is 2.18. The van der Waals surface area contributed by atoms with Gasteiger partial charge in [0.1, 0.15) is 11.0 Å². The van der Waals surface area contributed by atoms with Crippen molar-refractivity contribution < 1.29 is 4.79 Å². The molecule has 130 valence electrons. The molecule has 0 saturated heterocycles. The summed E-state index contributed by atoms with van der Waals surface area (Å²) in [7, 11) is 1.79. The smallest absolute Gasteiger partial charge is 0.253 e. The zero-order valence-corrected chi connectivity index (χ0v) is 15.5. The first-order chi connectivity index (χ1) is 12.5. The van der Waals surface area contributed by atoms with Gasteiger partial charge in [-0.05, 0) is 49.7 Å². The highest BCUT2D eigenvalue weighted by molar-refractivity contribution is 7.00. The van der Waals surface area contributed by atoms with Crippen LogP contribution in [-0.4, -0.2) is 36.6 Å². The van der Waals surface area contributed by atoms with E-state index in [0.717, 1.165) is 39.0 Å². The van der Waals surface area contributed by atoms with Crippen molar-refractivity contribution in [1.29, 1.82) is 0 Å². The molecule has 0 radical (unpaired) electrons. The molecule has 2 aromatic carbocycles. The molecule has 0 aliphatic heterocycles. The van der Waals surface area contributed by atoms with Gasteiger partial charge in [-0.3, -0.25) is 4.79 Å². The van der Waals surface area contributed by atoms with Gasteiger partial charge in [0.15, 0.2) is 0 Å². The van der Waals surface area contributed by atoms with Gasteiger partial charge in [0.2, 0.25) is 0 Å². The normalized spacial score (nSPS) is 11.2. The van der Waals surface area contributed by atoms with Gasteiger partial charge in [-0.2, -0.15) is 8.75 Å². The van der Waals surface area contributed by atoms with Crippen LogP contribution in [0.4, 0.5) is 0 Å². The number of nitrogens with zero attached hydrogens (tertiary/aromatic N) is 5. The van der Waals surface area contributed by atoms with Gasteiger partial charge in [-0.15, -0.1) is 0 Å². The second-order valence-electron chi connectivity index (χ2n) is 6.35. The van der Waals surface area contributed by atoms with Gasteiger partial charge in [0, 0.05) is 19.2 Å². The van der Waals surface area contributed by atoms with E-state index in [9.17, 15) is 4.79 Å². The van der Waals surface area contributed by atoms with Gasteiger partial charge < -0.3 is 4.90 Å². The zero-order chi connectivity index (χ0) is 18.3. The second-order valence-corrected chi connectivity index (χ2v) is 6.87. The molecule has 0 fully saturated rings. The van der Waals surface area contributed by atoms with Crippen LogP contribution >= 0.6 is 11.7 Å². The van der Waals surface area contributed by atoms with Crippen molar-refractivity contribution in [2.24, 2.45) is 0 Å². The summed E-state index contributed by atoms with van der Waals surface area (Å²) < 4.78 is 8.45. The Morgan fingerprint density at radius 2 is 1.62 bits per heavy atom. The number of hydrogen-bond donors (Lipinski definition) is 0. The molecule has 6 nitrogen and oxygen atoms in total. The van der Waals surface area contributed by atoms with E-state index >= 15 is 0 Å². The van der Waals surface area contributed by atoms with Crippen molar-refractivity contribution in [2.75, 3.05) is 7.05 Å². The quantitative estimate of drug-likeness (QED) is 0.557. The predicted molar refractivity (Wildman–Crippen MR) is 102 cm³/mol. The molecular weight excluding hydrogens is 346 g/mol. The van der Waals surface area contributed by atoms with Gasteiger partial charge in [0.25, 0.3) is 5.91 Å². The first kappa shape index (κ1) is 16.5. The third-order valence-electron chi connectivity index (χ3n) is 4.41. The molecule has 4 aromatic rings. The average molecular weight is 363 g/mol. The molecule has 2 aromatic heterocycles. The standard InChI is InChI=1S/C19H17N5OS/c1-11-12(2)21-17-9-14(5-7-15(17)20-11)19(25)24(3)10-13-4-6-16-18(8-13)23-26-22-16/h4-9H,10H2,1-3H3. The third kappa shape index (κ3) is 3.01. The first-order valence-electron chi connectivity index (χ1n) is 8.23. The number of hydrogen-bond acceptors (Lipinski definition) is 6. The minimum atomic E-state index is -0.0524. The van der Waals surface area contributed by atoms with Crippen LogP contribution in [0.25, 0.3) is 22.1 Å². The molecular formula is C19H17N5OS. The molecule has 0 aliphatic carbocycles. The molecule has 0 N–H and O–H groups in total. The van der Waals surface area contributed by atoms with Crippen LogP contribution < -0.4 is 0 Å². The molecule has 0 bridgehead atoms. The SMILES string of the molecule is Cc1nc2ccc(C(=O)N(C)Cc3ccc4nsnc4c3)cc2nc1C. The number of aryl methyl sites for hydroxylation is 2. The van der Waals surface area contributed by atoms with Crippen molar-refractivity contribution in [3.05, 3.63) is 58.9 Å². The van der Waals surface area contributed by atoms with Crippen molar-refractivity contribution in [1.82, 2.24) is 23.6 Å². The number of carbonyl (C=O) groups excluding carboxylic acids is 1. The molecule has 26 heavy (non-hydrogen) atoms. The summed E-state index contributed by atoms with van der Waals surface area (Å²) in [5.74, 6) is -0.0524. The Bertz CT molecular complexity index is 1140. The first-order valence-corrected chi connectivity index (χ1v) is 8.96. The number of benzene rings is 2. The maximum Gasteiger partial charge on any atom is 0.253 e. The van der Waals surface area contributed by atoms with E-state index < -0.39 is 0 Å². The van der Waals surface area contributed by atoms with E-state index in [1.54, 1.807) is 24.1 Å². The van der Waals surface area contributed by atoms with E-state index in [-0.39, 0.29) is 5.91 Å². The van der Waals surface area contributed by atoms with E-state index in [4.69, 9.17) is 0 Å². The summed E-state index contributed by atoms with van der Waals surface area (Å²) in [6.07, 6.45) is 0. The Labute approximate surface area is 154 Å². The summed E-state index contributed by atoms with van der Waals surface area (Å²) in [5.41, 5.74) is 6.69. The zero-order valence-electron chi connectivity index (χ0n) is 14.7. The molecule has 1 amide bonds. The van der Waals surface area contributed by atoms with E-state index in [1.807, 2.05) is 38.1 Å². The van der Waals surface area contributed by atoms with Gasteiger partial charge in [-0.25, -0.2) is 9.97 Å². The summed E-state index contributed by atoms with van der Waals surface area (Å²) in [5, 5.41) is 0. The van der Waals surface area contributed by atoms with Crippen LogP contribution in [0.2, 0.25) is 0 Å². The molecule has 0 atom stereocenters. The predicted octanol–water partition coefficient (Wildman–Crippen LogP) is 3.52. The van der Waals surface area contributed by atoms with Gasteiger partial charge in [-0.1, -0.05) is 6.07 Å². The maximum atomic E-state index is 12.8. The number of rotatable bonds is 3. The summed E-state index contributed by atoms with van der Waals surface area (Å²) in [6.45, 7) is 4.36. The van der Waals surface area contributed by atoms with E-state index in [0.29, 0.717) is 12.1 Å². The minimum absolute atomic E-state index is 0.0524. The lowest BCUT2D eigenvalue weighted by molar-refractivity contribution is 0.0785. The minimum Gasteiger partial charge on any atom is -0.337 e. The fourth-order valence-electron chi connectivity index (χ4n) is 2.86. The van der Waals surface area contributed by atoms with Crippen LogP contribution in [0.3, 0.4) is 0 Å². The number of aromatic nitrogens is 4.